The van der Waals surface area contributed by atoms with Crippen molar-refractivity contribution in [1.82, 2.24) is 5.32 Å². The Kier molecular flexibility index (Phi) is 8.33. The summed E-state index contributed by atoms with van der Waals surface area (Å²) in [6, 6.07) is 13.2. The van der Waals surface area contributed by atoms with E-state index in [2.05, 4.69) is 5.32 Å². The molecule has 0 aromatic heterocycles. The molecule has 0 saturated carbocycles. The molecule has 0 saturated heterocycles. The number of nitrogens with one attached hydrogen (secondary N) is 1. The summed E-state index contributed by atoms with van der Waals surface area (Å²) < 4.78 is 18.0. The van der Waals surface area contributed by atoms with Gasteiger partial charge in [-0.05, 0) is 42.2 Å². The summed E-state index contributed by atoms with van der Waals surface area (Å²) in [4.78, 5) is 34.5. The monoisotopic (exact) mass is 401 g/mol. The van der Waals surface area contributed by atoms with Crippen molar-refractivity contribution in [1.29, 1.82) is 0 Å². The smallest absolute Gasteiger partial charge is 0.307 e. The highest BCUT2D eigenvalue weighted by Crippen LogP contribution is 2.21. The molecule has 0 fully saturated rings. The fourth-order valence-corrected chi connectivity index (χ4v) is 2.88. The van der Waals surface area contributed by atoms with Crippen LogP contribution in [0.4, 0.5) is 4.39 Å². The first-order valence-electron chi connectivity index (χ1n) is 9.39. The molecule has 0 aliphatic rings. The summed E-state index contributed by atoms with van der Waals surface area (Å²) in [7, 11) is 0. The van der Waals surface area contributed by atoms with Gasteiger partial charge in [-0.2, -0.15) is 0 Å². The zero-order chi connectivity index (χ0) is 21.2. The van der Waals surface area contributed by atoms with Crippen LogP contribution in [-0.2, 0) is 25.5 Å². The molecule has 1 atom stereocenters. The molecule has 0 heterocycles. The van der Waals surface area contributed by atoms with Crippen molar-refractivity contribution in [2.24, 2.45) is 0 Å². The third-order valence-electron chi connectivity index (χ3n) is 4.26. The number of amides is 1. The van der Waals surface area contributed by atoms with Gasteiger partial charge in [0.25, 0.3) is 0 Å². The second-order valence-electron chi connectivity index (χ2n) is 6.58. The van der Waals surface area contributed by atoms with Crippen LogP contribution in [0, 0.1) is 5.82 Å². The molecule has 2 rings (SSSR count). The van der Waals surface area contributed by atoms with E-state index in [4.69, 9.17) is 9.84 Å². The third kappa shape index (κ3) is 7.73. The van der Waals surface area contributed by atoms with Gasteiger partial charge in [-0.1, -0.05) is 36.4 Å². The Morgan fingerprint density at radius 2 is 1.59 bits per heavy atom. The molecular formula is C22H24FNO5. The van der Waals surface area contributed by atoms with Crippen LogP contribution in [0.5, 0.6) is 0 Å². The Hall–Kier alpha value is -3.22. The number of halogens is 1. The number of esters is 1. The summed E-state index contributed by atoms with van der Waals surface area (Å²) in [6.45, 7) is 1.94. The maximum atomic E-state index is 13.1. The summed E-state index contributed by atoms with van der Waals surface area (Å²) in [5.41, 5.74) is 2.69. The summed E-state index contributed by atoms with van der Waals surface area (Å²) in [5, 5.41) is 11.4. The van der Waals surface area contributed by atoms with Crippen LogP contribution in [0.25, 0.3) is 11.1 Å². The highest BCUT2D eigenvalue weighted by molar-refractivity contribution is 5.81. The highest BCUT2D eigenvalue weighted by Gasteiger charge is 2.18. The van der Waals surface area contributed by atoms with Crippen molar-refractivity contribution >= 4 is 17.8 Å². The average Bonchev–Trinajstić information content (AvgIpc) is 2.68. The number of carbonyl (C=O) groups excluding carboxylic acids is 2. The van der Waals surface area contributed by atoms with Crippen LogP contribution in [0.1, 0.15) is 31.7 Å². The first-order valence-corrected chi connectivity index (χ1v) is 9.39. The lowest BCUT2D eigenvalue weighted by atomic mass is 9.99. The van der Waals surface area contributed by atoms with E-state index in [9.17, 15) is 18.8 Å². The first kappa shape index (κ1) is 22.1. The Labute approximate surface area is 168 Å². The number of carboxylic acid groups (broad SMARTS) is 1. The standard InChI is InChI=1S/C22H24FNO5/c1-2-29-22(28)14-19(24-20(25)11-12-21(26)27)13-15-3-5-16(6-4-15)17-7-9-18(23)10-8-17/h3-10,19H,2,11-14H2,1H3,(H,24,25)(H,26,27). The first-order chi connectivity index (χ1) is 13.9. The Balaban J connectivity index is 2.05. The molecule has 154 valence electrons. The van der Waals surface area contributed by atoms with E-state index < -0.39 is 23.9 Å². The highest BCUT2D eigenvalue weighted by atomic mass is 19.1. The summed E-state index contributed by atoms with van der Waals surface area (Å²) in [5.74, 6) is -2.21. The lowest BCUT2D eigenvalue weighted by Gasteiger charge is -2.18. The van der Waals surface area contributed by atoms with Gasteiger partial charge in [-0.25, -0.2) is 4.39 Å². The van der Waals surface area contributed by atoms with Crippen molar-refractivity contribution in [3.63, 3.8) is 0 Å². The third-order valence-corrected chi connectivity index (χ3v) is 4.26. The minimum Gasteiger partial charge on any atom is -0.481 e. The van der Waals surface area contributed by atoms with Crippen molar-refractivity contribution in [3.8, 4) is 11.1 Å². The number of hydrogen-bond donors (Lipinski definition) is 2. The molecule has 0 radical (unpaired) electrons. The normalized spacial score (nSPS) is 11.5. The van der Waals surface area contributed by atoms with Gasteiger partial charge in [0.2, 0.25) is 5.91 Å². The van der Waals surface area contributed by atoms with E-state index in [1.807, 2.05) is 24.3 Å². The van der Waals surface area contributed by atoms with Gasteiger partial charge in [0.1, 0.15) is 5.82 Å². The fraction of sp³-hybridized carbons (Fsp3) is 0.318. The fourth-order valence-electron chi connectivity index (χ4n) is 2.88. The quantitative estimate of drug-likeness (QED) is 0.596. The van der Waals surface area contributed by atoms with Crippen LogP contribution < -0.4 is 5.32 Å². The van der Waals surface area contributed by atoms with Crippen LogP contribution in [-0.4, -0.2) is 35.6 Å². The molecule has 1 amide bonds. The zero-order valence-electron chi connectivity index (χ0n) is 16.2. The molecule has 6 nitrogen and oxygen atoms in total. The lowest BCUT2D eigenvalue weighted by molar-refractivity contribution is -0.144. The van der Waals surface area contributed by atoms with Crippen LogP contribution in [0.15, 0.2) is 48.5 Å². The molecule has 0 spiro atoms. The molecule has 0 bridgehead atoms. The van der Waals surface area contributed by atoms with Gasteiger partial charge >= 0.3 is 11.9 Å². The van der Waals surface area contributed by atoms with Crippen LogP contribution in [0.3, 0.4) is 0 Å². The van der Waals surface area contributed by atoms with Crippen molar-refractivity contribution in [2.75, 3.05) is 6.61 Å². The predicted octanol–water partition coefficient (Wildman–Crippen LogP) is 3.34. The van der Waals surface area contributed by atoms with Gasteiger partial charge in [-0.15, -0.1) is 0 Å². The number of rotatable bonds is 10. The topological polar surface area (TPSA) is 92.7 Å². The van der Waals surface area contributed by atoms with Gasteiger partial charge < -0.3 is 15.2 Å². The van der Waals surface area contributed by atoms with E-state index >= 15 is 0 Å². The van der Waals surface area contributed by atoms with Gasteiger partial charge in [0, 0.05) is 12.5 Å². The predicted molar refractivity (Wildman–Crippen MR) is 106 cm³/mol. The van der Waals surface area contributed by atoms with E-state index in [0.717, 1.165) is 16.7 Å². The molecule has 1 unspecified atom stereocenters. The Morgan fingerprint density at radius 3 is 2.14 bits per heavy atom. The number of benzene rings is 2. The van der Waals surface area contributed by atoms with Gasteiger partial charge in [0.15, 0.2) is 0 Å². The molecular weight excluding hydrogens is 377 g/mol. The second kappa shape index (κ2) is 10.9. The van der Waals surface area contributed by atoms with E-state index in [1.54, 1.807) is 19.1 Å². The molecule has 0 aliphatic heterocycles. The van der Waals surface area contributed by atoms with Crippen molar-refractivity contribution in [2.45, 2.75) is 38.6 Å². The van der Waals surface area contributed by atoms with Crippen molar-refractivity contribution in [3.05, 3.63) is 59.9 Å². The minimum atomic E-state index is -1.06. The van der Waals surface area contributed by atoms with Crippen LogP contribution >= 0.6 is 0 Å². The SMILES string of the molecule is CCOC(=O)CC(Cc1ccc(-c2ccc(F)cc2)cc1)NC(=O)CCC(=O)O. The average molecular weight is 401 g/mol. The molecule has 29 heavy (non-hydrogen) atoms. The number of aliphatic carboxylic acids is 1. The Bertz CT molecular complexity index is 833. The van der Waals surface area contributed by atoms with Gasteiger partial charge in [-0.3, -0.25) is 14.4 Å². The summed E-state index contributed by atoms with van der Waals surface area (Å²) in [6.07, 6.45) is -0.0455. The number of carbonyl (C=O) groups is 3. The van der Waals surface area contributed by atoms with E-state index in [0.29, 0.717) is 6.42 Å². The maximum Gasteiger partial charge on any atom is 0.307 e. The van der Waals surface area contributed by atoms with E-state index in [-0.39, 0.29) is 31.7 Å². The van der Waals surface area contributed by atoms with Gasteiger partial charge in [0.05, 0.1) is 19.4 Å². The largest absolute Gasteiger partial charge is 0.481 e. The molecule has 0 aliphatic carbocycles. The minimum absolute atomic E-state index is 0.00757. The summed E-state index contributed by atoms with van der Waals surface area (Å²) >= 11 is 0. The van der Waals surface area contributed by atoms with Crippen molar-refractivity contribution < 1.29 is 28.6 Å². The molecule has 2 aromatic carbocycles. The lowest BCUT2D eigenvalue weighted by Crippen LogP contribution is -2.38. The number of carboxylic acids is 1. The number of ether oxygens (including phenoxy) is 1. The maximum absolute atomic E-state index is 13.1. The van der Waals surface area contributed by atoms with E-state index in [1.165, 1.54) is 12.1 Å². The van der Waals surface area contributed by atoms with Crippen LogP contribution in [0.2, 0.25) is 0 Å². The zero-order valence-corrected chi connectivity index (χ0v) is 16.2. The second-order valence-corrected chi connectivity index (χ2v) is 6.58. The molecule has 2 N–H and O–H groups in total. The number of hydrogen-bond acceptors (Lipinski definition) is 4. The molecule has 7 heteroatoms. The molecule has 2 aromatic rings. The Morgan fingerprint density at radius 1 is 1.00 bits per heavy atom.